The van der Waals surface area contributed by atoms with Gasteiger partial charge in [0.2, 0.25) is 5.95 Å². The van der Waals surface area contributed by atoms with Gasteiger partial charge < -0.3 is 15.8 Å². The minimum absolute atomic E-state index is 0.253. The van der Waals surface area contributed by atoms with Crippen molar-refractivity contribution in [2.24, 2.45) is 5.92 Å². The van der Waals surface area contributed by atoms with E-state index in [4.69, 9.17) is 5.73 Å². The van der Waals surface area contributed by atoms with E-state index in [1.807, 2.05) is 12.3 Å². The van der Waals surface area contributed by atoms with Crippen molar-refractivity contribution in [3.63, 3.8) is 0 Å². The third-order valence-electron chi connectivity index (χ3n) is 6.15. The summed E-state index contributed by atoms with van der Waals surface area (Å²) in [5.74, 6) is -0.408. The number of carboxylic acids is 1. The lowest BCUT2D eigenvalue weighted by molar-refractivity contribution is 0.0699. The van der Waals surface area contributed by atoms with E-state index >= 15 is 0 Å². The van der Waals surface area contributed by atoms with Crippen molar-refractivity contribution in [1.82, 2.24) is 15.0 Å². The van der Waals surface area contributed by atoms with Gasteiger partial charge in [-0.1, -0.05) is 57.2 Å². The summed E-state index contributed by atoms with van der Waals surface area (Å²) in [5.41, 5.74) is 10.4. The maximum atomic E-state index is 11.6. The second-order valence-corrected chi connectivity index (χ2v) is 8.00. The molecule has 2 aromatic heterocycles. The Morgan fingerprint density at radius 3 is 2.33 bits per heavy atom. The first kappa shape index (κ1) is 19.6. The second-order valence-electron chi connectivity index (χ2n) is 8.00. The smallest absolute Gasteiger partial charge is 0.337 e. The molecule has 1 atom stereocenters. The second kappa shape index (κ2) is 7.30. The number of rotatable bonds is 5. The molecule has 0 saturated heterocycles. The molecule has 152 valence electrons. The number of hydrogen-bond donors (Lipinski definition) is 3. The molecule has 0 radical (unpaired) electrons. The van der Waals surface area contributed by atoms with E-state index in [9.17, 15) is 9.90 Å². The fourth-order valence-electron chi connectivity index (χ4n) is 4.06. The van der Waals surface area contributed by atoms with E-state index in [1.165, 1.54) is 0 Å². The van der Waals surface area contributed by atoms with Crippen LogP contribution < -0.4 is 5.73 Å². The number of nitrogen functional groups attached to an aromatic ring is 1. The first-order valence-corrected chi connectivity index (χ1v) is 9.84. The zero-order valence-electron chi connectivity index (χ0n) is 17.2. The van der Waals surface area contributed by atoms with Gasteiger partial charge in [0.15, 0.2) is 0 Å². The van der Waals surface area contributed by atoms with Crippen LogP contribution in [0.15, 0.2) is 61.1 Å². The SMILES string of the molecule is CC(C)C(C)(c1ccc(-c2cnc(N)nc2)cc1)c1c[nH]c2c(C(=O)O)cccc12. The number of aromatic nitrogens is 3. The minimum atomic E-state index is -0.935. The Labute approximate surface area is 174 Å². The van der Waals surface area contributed by atoms with Gasteiger partial charge in [-0.25, -0.2) is 14.8 Å². The average Bonchev–Trinajstić information content (AvgIpc) is 3.18. The third-order valence-corrected chi connectivity index (χ3v) is 6.15. The molecular weight excluding hydrogens is 376 g/mol. The van der Waals surface area contributed by atoms with Crippen LogP contribution in [-0.2, 0) is 5.41 Å². The third kappa shape index (κ3) is 3.10. The molecule has 2 aromatic carbocycles. The lowest BCUT2D eigenvalue weighted by Gasteiger charge is -2.35. The van der Waals surface area contributed by atoms with Crippen molar-refractivity contribution >= 4 is 22.8 Å². The zero-order valence-corrected chi connectivity index (χ0v) is 17.2. The summed E-state index contributed by atoms with van der Waals surface area (Å²) in [5, 5.41) is 10.5. The van der Waals surface area contributed by atoms with Gasteiger partial charge in [-0.15, -0.1) is 0 Å². The number of fused-ring (bicyclic) bond motifs is 1. The maximum absolute atomic E-state index is 11.6. The molecule has 30 heavy (non-hydrogen) atoms. The van der Waals surface area contributed by atoms with E-state index in [2.05, 4.69) is 60.0 Å². The van der Waals surface area contributed by atoms with Crippen molar-refractivity contribution in [3.8, 4) is 11.1 Å². The van der Waals surface area contributed by atoms with Crippen molar-refractivity contribution in [3.05, 3.63) is 77.7 Å². The first-order valence-electron chi connectivity index (χ1n) is 9.84. The molecule has 0 fully saturated rings. The van der Waals surface area contributed by atoms with Crippen molar-refractivity contribution in [2.45, 2.75) is 26.2 Å². The predicted octanol–water partition coefficient (Wildman–Crippen LogP) is 4.87. The van der Waals surface area contributed by atoms with Crippen LogP contribution in [0.5, 0.6) is 0 Å². The summed E-state index contributed by atoms with van der Waals surface area (Å²) in [6, 6.07) is 13.8. The number of benzene rings is 2. The summed E-state index contributed by atoms with van der Waals surface area (Å²) < 4.78 is 0. The molecule has 1 unspecified atom stereocenters. The fraction of sp³-hybridized carbons (Fsp3) is 0.208. The summed E-state index contributed by atoms with van der Waals surface area (Å²) >= 11 is 0. The number of aromatic carboxylic acids is 1. The maximum Gasteiger partial charge on any atom is 0.337 e. The van der Waals surface area contributed by atoms with Gasteiger partial charge in [0.1, 0.15) is 0 Å². The van der Waals surface area contributed by atoms with E-state index in [0.29, 0.717) is 5.52 Å². The molecule has 0 aliphatic heterocycles. The van der Waals surface area contributed by atoms with Gasteiger partial charge in [-0.05, 0) is 28.7 Å². The topological polar surface area (TPSA) is 105 Å². The van der Waals surface area contributed by atoms with Gasteiger partial charge in [0, 0.05) is 35.0 Å². The largest absolute Gasteiger partial charge is 0.478 e. The number of aromatic amines is 1. The Bertz CT molecular complexity index is 1210. The van der Waals surface area contributed by atoms with E-state index in [1.54, 1.807) is 24.5 Å². The van der Waals surface area contributed by atoms with E-state index < -0.39 is 5.97 Å². The van der Waals surface area contributed by atoms with E-state index in [0.717, 1.165) is 27.6 Å². The summed E-state index contributed by atoms with van der Waals surface area (Å²) in [6.07, 6.45) is 5.37. The number of nitrogens with one attached hydrogen (secondary N) is 1. The highest BCUT2D eigenvalue weighted by Gasteiger charge is 2.35. The Hall–Kier alpha value is -3.67. The minimum Gasteiger partial charge on any atom is -0.478 e. The van der Waals surface area contributed by atoms with Gasteiger partial charge in [0.25, 0.3) is 0 Å². The zero-order chi connectivity index (χ0) is 21.5. The lowest BCUT2D eigenvalue weighted by atomic mass is 9.68. The molecular formula is C24H24N4O2. The first-order chi connectivity index (χ1) is 14.3. The number of para-hydroxylation sites is 1. The molecule has 4 aromatic rings. The van der Waals surface area contributed by atoms with E-state index in [-0.39, 0.29) is 22.8 Å². The molecule has 6 nitrogen and oxygen atoms in total. The summed E-state index contributed by atoms with van der Waals surface area (Å²) in [7, 11) is 0. The summed E-state index contributed by atoms with van der Waals surface area (Å²) in [4.78, 5) is 23.0. The van der Waals surface area contributed by atoms with Crippen LogP contribution in [0.2, 0.25) is 0 Å². The van der Waals surface area contributed by atoms with Crippen LogP contribution >= 0.6 is 0 Å². The highest BCUT2D eigenvalue weighted by molar-refractivity contribution is 6.03. The molecule has 0 amide bonds. The number of carbonyl (C=O) groups is 1. The molecule has 4 N–H and O–H groups in total. The van der Waals surface area contributed by atoms with Crippen LogP contribution in [-0.4, -0.2) is 26.0 Å². The lowest BCUT2D eigenvalue weighted by Crippen LogP contribution is -2.29. The van der Waals surface area contributed by atoms with Gasteiger partial charge in [0.05, 0.1) is 11.1 Å². The highest BCUT2D eigenvalue weighted by atomic mass is 16.4. The molecule has 0 aliphatic carbocycles. The van der Waals surface area contributed by atoms with Crippen molar-refractivity contribution < 1.29 is 9.90 Å². The van der Waals surface area contributed by atoms with Crippen molar-refractivity contribution in [1.29, 1.82) is 0 Å². The number of nitrogens with zero attached hydrogens (tertiary/aromatic N) is 2. The molecule has 0 bridgehead atoms. The molecule has 2 heterocycles. The predicted molar refractivity (Wildman–Crippen MR) is 118 cm³/mol. The monoisotopic (exact) mass is 400 g/mol. The molecule has 0 saturated carbocycles. The van der Waals surface area contributed by atoms with Crippen molar-refractivity contribution in [2.75, 3.05) is 5.73 Å². The molecule has 4 rings (SSSR count). The molecule has 6 heteroatoms. The van der Waals surface area contributed by atoms with Crippen LogP contribution in [0.4, 0.5) is 5.95 Å². The standard InChI is InChI=1S/C24H24N4O2/c1-14(2)24(3,20-13-26-21-18(20)5-4-6-19(21)22(29)30)17-9-7-15(8-10-17)16-11-27-23(25)28-12-16/h4-14,26H,1-3H3,(H,29,30)(H2,25,27,28). The quantitative estimate of drug-likeness (QED) is 0.443. The molecule has 0 spiro atoms. The number of nitrogens with two attached hydrogens (primary N) is 1. The highest BCUT2D eigenvalue weighted by Crippen LogP contribution is 2.43. The molecule has 0 aliphatic rings. The van der Waals surface area contributed by atoms with Crippen LogP contribution in [0.1, 0.15) is 42.3 Å². The number of H-pyrrole nitrogens is 1. The van der Waals surface area contributed by atoms with Crippen LogP contribution in [0.25, 0.3) is 22.0 Å². The Morgan fingerprint density at radius 2 is 1.73 bits per heavy atom. The van der Waals surface area contributed by atoms with Gasteiger partial charge in [-0.3, -0.25) is 0 Å². The van der Waals surface area contributed by atoms with Gasteiger partial charge in [-0.2, -0.15) is 0 Å². The van der Waals surface area contributed by atoms with Crippen LogP contribution in [0, 0.1) is 5.92 Å². The Morgan fingerprint density at radius 1 is 1.07 bits per heavy atom. The number of hydrogen-bond acceptors (Lipinski definition) is 4. The fourth-order valence-corrected chi connectivity index (χ4v) is 4.06. The average molecular weight is 400 g/mol. The Kier molecular flexibility index (Phi) is 4.78. The van der Waals surface area contributed by atoms with Crippen LogP contribution in [0.3, 0.4) is 0 Å². The van der Waals surface area contributed by atoms with Gasteiger partial charge >= 0.3 is 5.97 Å². The number of anilines is 1. The normalized spacial score (nSPS) is 13.5. The number of carboxylic acid groups (broad SMARTS) is 1. The Balaban J connectivity index is 1.82. The summed E-state index contributed by atoms with van der Waals surface area (Å²) in [6.45, 7) is 6.57.